The van der Waals surface area contributed by atoms with Crippen molar-refractivity contribution in [3.63, 3.8) is 0 Å². The number of rotatable bonds is 7. The van der Waals surface area contributed by atoms with Crippen LogP contribution in [-0.2, 0) is 11.2 Å². The minimum atomic E-state index is 0.448. The van der Waals surface area contributed by atoms with Crippen LogP contribution in [0.5, 0.6) is 0 Å². The Balaban J connectivity index is 2.38. The van der Waals surface area contributed by atoms with E-state index in [1.54, 1.807) is 7.11 Å². The average molecular weight is 235 g/mol. The number of benzene rings is 1. The van der Waals surface area contributed by atoms with Gasteiger partial charge in [0.25, 0.3) is 0 Å². The highest BCUT2D eigenvalue weighted by molar-refractivity contribution is 5.25. The molecule has 2 heteroatoms. The van der Waals surface area contributed by atoms with Crippen LogP contribution in [-0.4, -0.2) is 26.3 Å². The molecule has 1 atom stereocenters. The quantitative estimate of drug-likeness (QED) is 0.784. The van der Waals surface area contributed by atoms with Gasteiger partial charge in [0.2, 0.25) is 0 Å². The minimum Gasteiger partial charge on any atom is -0.383 e. The number of hydrogen-bond donors (Lipinski definition) is 1. The van der Waals surface area contributed by atoms with E-state index >= 15 is 0 Å². The van der Waals surface area contributed by atoms with Crippen LogP contribution in [0.3, 0.4) is 0 Å². The minimum absolute atomic E-state index is 0.448. The van der Waals surface area contributed by atoms with E-state index < -0.39 is 0 Å². The summed E-state index contributed by atoms with van der Waals surface area (Å²) >= 11 is 0. The Morgan fingerprint density at radius 2 is 1.94 bits per heavy atom. The summed E-state index contributed by atoms with van der Waals surface area (Å²) in [5, 5.41) is 3.57. The van der Waals surface area contributed by atoms with Crippen molar-refractivity contribution in [3.05, 3.63) is 35.4 Å². The number of nitrogens with one attached hydrogen (secondary N) is 1. The molecule has 0 fully saturated rings. The SMILES string of the molecule is COCC(NCCc1ccccc1C)C(C)C. The lowest BCUT2D eigenvalue weighted by Crippen LogP contribution is -2.38. The Labute approximate surface area is 105 Å². The van der Waals surface area contributed by atoms with Crippen molar-refractivity contribution < 1.29 is 4.74 Å². The van der Waals surface area contributed by atoms with Gasteiger partial charge < -0.3 is 10.1 Å². The Bertz CT molecular complexity index is 322. The third kappa shape index (κ3) is 4.88. The number of aryl methyl sites for hydroxylation is 1. The van der Waals surface area contributed by atoms with E-state index in [-0.39, 0.29) is 0 Å². The molecule has 1 rings (SSSR count). The monoisotopic (exact) mass is 235 g/mol. The highest BCUT2D eigenvalue weighted by atomic mass is 16.5. The Morgan fingerprint density at radius 3 is 2.53 bits per heavy atom. The van der Waals surface area contributed by atoms with Gasteiger partial charge in [-0.25, -0.2) is 0 Å². The van der Waals surface area contributed by atoms with E-state index in [4.69, 9.17) is 4.74 Å². The Morgan fingerprint density at radius 1 is 1.24 bits per heavy atom. The van der Waals surface area contributed by atoms with E-state index in [1.807, 2.05) is 0 Å². The first-order valence-corrected chi connectivity index (χ1v) is 6.42. The average Bonchev–Trinajstić information content (AvgIpc) is 2.30. The summed E-state index contributed by atoms with van der Waals surface area (Å²) in [4.78, 5) is 0. The largest absolute Gasteiger partial charge is 0.383 e. The standard InChI is InChI=1S/C15H25NO/c1-12(2)15(11-17-4)16-10-9-14-8-6-5-7-13(14)3/h5-8,12,15-16H,9-11H2,1-4H3. The zero-order valence-electron chi connectivity index (χ0n) is 11.5. The fourth-order valence-electron chi connectivity index (χ4n) is 1.95. The summed E-state index contributed by atoms with van der Waals surface area (Å²) in [6, 6.07) is 9.03. The molecule has 0 radical (unpaired) electrons. The van der Waals surface area contributed by atoms with E-state index in [1.165, 1.54) is 11.1 Å². The third-order valence-electron chi connectivity index (χ3n) is 3.21. The van der Waals surface area contributed by atoms with Crippen LogP contribution in [0.15, 0.2) is 24.3 Å². The first-order chi connectivity index (χ1) is 8.15. The lowest BCUT2D eigenvalue weighted by Gasteiger charge is -2.21. The van der Waals surface area contributed by atoms with Gasteiger partial charge in [0, 0.05) is 13.2 Å². The molecule has 0 spiro atoms. The normalized spacial score (nSPS) is 13.0. The van der Waals surface area contributed by atoms with Gasteiger partial charge in [-0.1, -0.05) is 38.1 Å². The molecule has 1 aromatic rings. The second kappa shape index (κ2) is 7.46. The molecule has 1 aromatic carbocycles. The summed E-state index contributed by atoms with van der Waals surface area (Å²) in [5.41, 5.74) is 2.81. The lowest BCUT2D eigenvalue weighted by molar-refractivity contribution is 0.147. The molecule has 1 N–H and O–H groups in total. The summed E-state index contributed by atoms with van der Waals surface area (Å²) in [6.45, 7) is 8.42. The van der Waals surface area contributed by atoms with Crippen molar-refractivity contribution in [3.8, 4) is 0 Å². The van der Waals surface area contributed by atoms with Crippen molar-refractivity contribution in [2.45, 2.75) is 33.2 Å². The molecule has 0 aromatic heterocycles. The Kier molecular flexibility index (Phi) is 6.23. The van der Waals surface area contributed by atoms with E-state index in [9.17, 15) is 0 Å². The van der Waals surface area contributed by atoms with E-state index in [0.29, 0.717) is 12.0 Å². The Hall–Kier alpha value is -0.860. The summed E-state index contributed by atoms with van der Waals surface area (Å²) in [6.07, 6.45) is 1.08. The first-order valence-electron chi connectivity index (χ1n) is 6.42. The molecular weight excluding hydrogens is 210 g/mol. The molecule has 17 heavy (non-hydrogen) atoms. The van der Waals surface area contributed by atoms with E-state index in [0.717, 1.165) is 19.6 Å². The first kappa shape index (κ1) is 14.2. The van der Waals surface area contributed by atoms with Gasteiger partial charge in [-0.15, -0.1) is 0 Å². The lowest BCUT2D eigenvalue weighted by atomic mass is 10.0. The molecule has 96 valence electrons. The maximum Gasteiger partial charge on any atom is 0.0618 e. The van der Waals surface area contributed by atoms with Gasteiger partial charge in [0.1, 0.15) is 0 Å². The molecule has 0 aliphatic rings. The topological polar surface area (TPSA) is 21.3 Å². The van der Waals surface area contributed by atoms with Crippen molar-refractivity contribution in [2.75, 3.05) is 20.3 Å². The van der Waals surface area contributed by atoms with Crippen molar-refractivity contribution in [1.82, 2.24) is 5.32 Å². The second-order valence-electron chi connectivity index (χ2n) is 4.94. The highest BCUT2D eigenvalue weighted by Gasteiger charge is 2.11. The molecule has 0 bridgehead atoms. The zero-order valence-corrected chi connectivity index (χ0v) is 11.5. The van der Waals surface area contributed by atoms with Gasteiger partial charge in [-0.2, -0.15) is 0 Å². The predicted molar refractivity (Wildman–Crippen MR) is 73.4 cm³/mol. The smallest absolute Gasteiger partial charge is 0.0618 e. The van der Waals surface area contributed by atoms with Crippen molar-refractivity contribution >= 4 is 0 Å². The highest BCUT2D eigenvalue weighted by Crippen LogP contribution is 2.08. The molecule has 2 nitrogen and oxygen atoms in total. The maximum atomic E-state index is 5.23. The molecule has 1 unspecified atom stereocenters. The number of ether oxygens (including phenoxy) is 1. The van der Waals surface area contributed by atoms with Crippen LogP contribution < -0.4 is 5.32 Å². The van der Waals surface area contributed by atoms with Crippen molar-refractivity contribution in [1.29, 1.82) is 0 Å². The predicted octanol–water partition coefficient (Wildman–Crippen LogP) is 2.80. The number of methoxy groups -OCH3 is 1. The van der Waals surface area contributed by atoms with Crippen LogP contribution in [0, 0.1) is 12.8 Å². The van der Waals surface area contributed by atoms with Crippen LogP contribution >= 0.6 is 0 Å². The van der Waals surface area contributed by atoms with Crippen LogP contribution in [0.25, 0.3) is 0 Å². The number of hydrogen-bond acceptors (Lipinski definition) is 2. The molecule has 0 saturated heterocycles. The zero-order chi connectivity index (χ0) is 12.7. The fraction of sp³-hybridized carbons (Fsp3) is 0.600. The second-order valence-corrected chi connectivity index (χ2v) is 4.94. The maximum absolute atomic E-state index is 5.23. The third-order valence-corrected chi connectivity index (χ3v) is 3.21. The molecular formula is C15H25NO. The summed E-state index contributed by atoms with van der Waals surface area (Å²) in [7, 11) is 1.76. The van der Waals surface area contributed by atoms with Gasteiger partial charge in [0.15, 0.2) is 0 Å². The molecule has 0 aliphatic carbocycles. The molecule has 0 amide bonds. The van der Waals surface area contributed by atoms with Crippen molar-refractivity contribution in [2.24, 2.45) is 5.92 Å². The molecule has 0 aliphatic heterocycles. The summed E-state index contributed by atoms with van der Waals surface area (Å²) < 4.78 is 5.23. The summed E-state index contributed by atoms with van der Waals surface area (Å²) in [5.74, 6) is 0.604. The van der Waals surface area contributed by atoms with Gasteiger partial charge in [-0.3, -0.25) is 0 Å². The molecule has 0 saturated carbocycles. The van der Waals surface area contributed by atoms with Crippen LogP contribution in [0.2, 0.25) is 0 Å². The van der Waals surface area contributed by atoms with Gasteiger partial charge in [-0.05, 0) is 36.9 Å². The van der Waals surface area contributed by atoms with Gasteiger partial charge in [0.05, 0.1) is 6.61 Å². The van der Waals surface area contributed by atoms with E-state index in [2.05, 4.69) is 50.4 Å². The van der Waals surface area contributed by atoms with Crippen LogP contribution in [0.4, 0.5) is 0 Å². The van der Waals surface area contributed by atoms with Crippen LogP contribution in [0.1, 0.15) is 25.0 Å². The fourth-order valence-corrected chi connectivity index (χ4v) is 1.95. The van der Waals surface area contributed by atoms with Gasteiger partial charge >= 0.3 is 0 Å². The molecule has 0 heterocycles.